The zero-order valence-corrected chi connectivity index (χ0v) is 7.81. The second-order valence-corrected chi connectivity index (χ2v) is 2.92. The summed E-state index contributed by atoms with van der Waals surface area (Å²) in [6, 6.07) is 0. The second-order valence-electron chi connectivity index (χ2n) is 2.92. The SMILES string of the molecule is C=C(C)C=c1[nH]nc(C)c1=CC. The third-order valence-corrected chi connectivity index (χ3v) is 1.70. The van der Waals surface area contributed by atoms with Crippen molar-refractivity contribution in [3.63, 3.8) is 0 Å². The van der Waals surface area contributed by atoms with E-state index in [-0.39, 0.29) is 0 Å². The molecule has 64 valence electrons. The quantitative estimate of drug-likeness (QED) is 0.652. The molecule has 0 atom stereocenters. The minimum atomic E-state index is 1.03. The lowest BCUT2D eigenvalue weighted by Crippen LogP contribution is -2.23. The first-order valence-corrected chi connectivity index (χ1v) is 3.99. The first kappa shape index (κ1) is 8.78. The molecule has 1 aromatic heterocycles. The van der Waals surface area contributed by atoms with Gasteiger partial charge >= 0.3 is 0 Å². The lowest BCUT2D eigenvalue weighted by atomic mass is 10.2. The highest BCUT2D eigenvalue weighted by molar-refractivity contribution is 5.43. The highest BCUT2D eigenvalue weighted by atomic mass is 15.1. The molecule has 1 rings (SSSR count). The molecule has 0 fully saturated rings. The maximum atomic E-state index is 4.11. The van der Waals surface area contributed by atoms with Crippen LogP contribution < -0.4 is 10.6 Å². The van der Waals surface area contributed by atoms with E-state index in [0.717, 1.165) is 21.8 Å². The maximum Gasteiger partial charge on any atom is 0.0666 e. The standard InChI is InChI=1S/C10H14N2/c1-5-9-8(4)11-12-10(9)6-7(2)3/h5-6,12H,2H2,1,3-4H3. The van der Waals surface area contributed by atoms with Gasteiger partial charge in [-0.2, -0.15) is 5.10 Å². The van der Waals surface area contributed by atoms with Gasteiger partial charge in [0.2, 0.25) is 0 Å². The Bertz CT molecular complexity index is 396. The average Bonchev–Trinajstić information content (AvgIpc) is 2.30. The predicted octanol–water partition coefficient (Wildman–Crippen LogP) is 0.875. The number of rotatable bonds is 1. The molecule has 0 amide bonds. The third kappa shape index (κ3) is 1.64. The minimum Gasteiger partial charge on any atom is -0.278 e. The van der Waals surface area contributed by atoms with Gasteiger partial charge in [0, 0.05) is 5.22 Å². The van der Waals surface area contributed by atoms with Crippen molar-refractivity contribution in [2.75, 3.05) is 0 Å². The van der Waals surface area contributed by atoms with Crippen molar-refractivity contribution in [3.05, 3.63) is 28.4 Å². The molecule has 0 aliphatic rings. The molecule has 0 saturated carbocycles. The Labute approximate surface area is 72.3 Å². The van der Waals surface area contributed by atoms with E-state index in [1.807, 2.05) is 32.9 Å². The van der Waals surface area contributed by atoms with Crippen LogP contribution in [-0.2, 0) is 0 Å². The Morgan fingerprint density at radius 1 is 1.58 bits per heavy atom. The van der Waals surface area contributed by atoms with Crippen molar-refractivity contribution in [1.82, 2.24) is 10.2 Å². The van der Waals surface area contributed by atoms with Crippen LogP contribution in [-0.4, -0.2) is 10.2 Å². The number of nitrogens with one attached hydrogen (secondary N) is 1. The van der Waals surface area contributed by atoms with Crippen LogP contribution in [0.4, 0.5) is 0 Å². The Morgan fingerprint density at radius 2 is 2.25 bits per heavy atom. The number of allylic oxidation sites excluding steroid dienone is 1. The topological polar surface area (TPSA) is 28.7 Å². The third-order valence-electron chi connectivity index (χ3n) is 1.70. The Balaban J connectivity index is 3.46. The van der Waals surface area contributed by atoms with Crippen molar-refractivity contribution in [2.45, 2.75) is 20.8 Å². The molecule has 0 aliphatic carbocycles. The van der Waals surface area contributed by atoms with Crippen molar-refractivity contribution >= 4 is 12.2 Å². The van der Waals surface area contributed by atoms with Gasteiger partial charge in [-0.15, -0.1) is 0 Å². The van der Waals surface area contributed by atoms with Crippen LogP contribution in [0.25, 0.3) is 12.2 Å². The molecule has 2 nitrogen and oxygen atoms in total. The Hall–Kier alpha value is -1.31. The van der Waals surface area contributed by atoms with Gasteiger partial charge < -0.3 is 0 Å². The lowest BCUT2D eigenvalue weighted by molar-refractivity contribution is 1.03. The number of aryl methyl sites for hydroxylation is 1. The van der Waals surface area contributed by atoms with Crippen LogP contribution >= 0.6 is 0 Å². The van der Waals surface area contributed by atoms with E-state index in [1.165, 1.54) is 0 Å². The molecule has 1 heterocycles. The van der Waals surface area contributed by atoms with Gasteiger partial charge in [0.1, 0.15) is 0 Å². The van der Waals surface area contributed by atoms with Crippen molar-refractivity contribution < 1.29 is 0 Å². The normalized spacial score (nSPS) is 13.9. The Morgan fingerprint density at radius 3 is 2.75 bits per heavy atom. The van der Waals surface area contributed by atoms with Gasteiger partial charge in [-0.05, 0) is 26.8 Å². The molecule has 0 spiro atoms. The summed E-state index contributed by atoms with van der Waals surface area (Å²) in [4.78, 5) is 0. The van der Waals surface area contributed by atoms with Crippen LogP contribution in [0.1, 0.15) is 19.5 Å². The van der Waals surface area contributed by atoms with E-state index in [0.29, 0.717) is 0 Å². The van der Waals surface area contributed by atoms with Crippen LogP contribution in [0.15, 0.2) is 12.2 Å². The molecule has 2 heteroatoms. The monoisotopic (exact) mass is 162 g/mol. The molecule has 0 bridgehead atoms. The number of hydrogen-bond acceptors (Lipinski definition) is 1. The van der Waals surface area contributed by atoms with E-state index in [9.17, 15) is 0 Å². The van der Waals surface area contributed by atoms with E-state index in [2.05, 4.69) is 16.8 Å². The number of aromatic amines is 1. The molecule has 0 aliphatic heterocycles. The fourth-order valence-electron chi connectivity index (χ4n) is 1.18. The zero-order chi connectivity index (χ0) is 9.14. The smallest absolute Gasteiger partial charge is 0.0666 e. The number of H-pyrrole nitrogens is 1. The first-order valence-electron chi connectivity index (χ1n) is 3.99. The summed E-state index contributed by atoms with van der Waals surface area (Å²) in [5, 5.41) is 9.28. The predicted molar refractivity (Wildman–Crippen MR) is 52.0 cm³/mol. The summed E-state index contributed by atoms with van der Waals surface area (Å²) >= 11 is 0. The van der Waals surface area contributed by atoms with Crippen LogP contribution in [0.5, 0.6) is 0 Å². The molecule has 0 saturated heterocycles. The average molecular weight is 162 g/mol. The Kier molecular flexibility index (Phi) is 2.48. The van der Waals surface area contributed by atoms with Crippen molar-refractivity contribution in [2.24, 2.45) is 0 Å². The molecule has 0 radical (unpaired) electrons. The second kappa shape index (κ2) is 3.39. The molecule has 12 heavy (non-hydrogen) atoms. The molecule has 1 N–H and O–H groups in total. The van der Waals surface area contributed by atoms with E-state index in [4.69, 9.17) is 0 Å². The van der Waals surface area contributed by atoms with Gasteiger partial charge in [-0.25, -0.2) is 0 Å². The highest BCUT2D eigenvalue weighted by Crippen LogP contribution is 1.84. The number of aromatic nitrogens is 2. The van der Waals surface area contributed by atoms with Crippen LogP contribution in [0.3, 0.4) is 0 Å². The molecule has 0 unspecified atom stereocenters. The number of hydrogen-bond donors (Lipinski definition) is 1. The van der Waals surface area contributed by atoms with Gasteiger partial charge in [0.15, 0.2) is 0 Å². The van der Waals surface area contributed by atoms with Gasteiger partial charge in [0.05, 0.1) is 11.0 Å². The highest BCUT2D eigenvalue weighted by Gasteiger charge is 1.92. The van der Waals surface area contributed by atoms with E-state index >= 15 is 0 Å². The summed E-state index contributed by atoms with van der Waals surface area (Å²) < 4.78 is 0. The van der Waals surface area contributed by atoms with Crippen LogP contribution in [0.2, 0.25) is 0 Å². The molecule has 1 aromatic rings. The largest absolute Gasteiger partial charge is 0.278 e. The molecule has 0 aromatic carbocycles. The summed E-state index contributed by atoms with van der Waals surface area (Å²) in [6.45, 7) is 9.78. The lowest BCUT2D eigenvalue weighted by Gasteiger charge is -1.82. The van der Waals surface area contributed by atoms with E-state index < -0.39 is 0 Å². The maximum absolute atomic E-state index is 4.11. The summed E-state index contributed by atoms with van der Waals surface area (Å²) in [5.74, 6) is 0. The molecular formula is C10H14N2. The van der Waals surface area contributed by atoms with Crippen molar-refractivity contribution in [1.29, 1.82) is 0 Å². The van der Waals surface area contributed by atoms with Gasteiger partial charge in [-0.3, -0.25) is 5.10 Å². The fraction of sp³-hybridized carbons (Fsp3) is 0.300. The molecular weight excluding hydrogens is 148 g/mol. The minimum absolute atomic E-state index is 1.03. The zero-order valence-electron chi connectivity index (χ0n) is 7.81. The fourth-order valence-corrected chi connectivity index (χ4v) is 1.18. The van der Waals surface area contributed by atoms with E-state index in [1.54, 1.807) is 0 Å². The van der Waals surface area contributed by atoms with Crippen LogP contribution in [0, 0.1) is 6.92 Å². The van der Waals surface area contributed by atoms with Crippen molar-refractivity contribution in [3.8, 4) is 0 Å². The first-order chi connectivity index (χ1) is 5.65. The van der Waals surface area contributed by atoms with Gasteiger partial charge in [-0.1, -0.05) is 18.2 Å². The summed E-state index contributed by atoms with van der Waals surface area (Å²) in [5.41, 5.74) is 2.06. The summed E-state index contributed by atoms with van der Waals surface area (Å²) in [6.07, 6.45) is 4.04. The summed E-state index contributed by atoms with van der Waals surface area (Å²) in [7, 11) is 0. The van der Waals surface area contributed by atoms with Gasteiger partial charge in [0.25, 0.3) is 0 Å². The number of nitrogens with zero attached hydrogens (tertiary/aromatic N) is 1.